The van der Waals surface area contributed by atoms with Gasteiger partial charge in [-0.15, -0.1) is 0 Å². The number of hydrogen-bond acceptors (Lipinski definition) is 4. The first kappa shape index (κ1) is 26.8. The second-order valence-corrected chi connectivity index (χ2v) is 12.8. The number of carbonyl (C=O) groups excluding carboxylic acids is 1. The minimum atomic E-state index is -3.11. The fourth-order valence-electron chi connectivity index (χ4n) is 4.30. The monoisotopic (exact) mass is 438 g/mol. The maximum Gasteiger partial charge on any atom is 0.228 e. The van der Waals surface area contributed by atoms with E-state index < -0.39 is 7.14 Å². The topological polar surface area (TPSA) is 52.6 Å². The minimum absolute atomic E-state index is 0.134. The number of methoxy groups -OCH3 is 2. The van der Waals surface area contributed by atoms with Gasteiger partial charge in [-0.25, -0.2) is 0 Å². The molecule has 1 aromatic rings. The van der Waals surface area contributed by atoms with Gasteiger partial charge in [0, 0.05) is 12.3 Å². The number of hydrogen-bond donors (Lipinski definition) is 0. The minimum Gasteiger partial charge on any atom is -0.496 e. The van der Waals surface area contributed by atoms with Gasteiger partial charge < -0.3 is 14.0 Å². The molecule has 0 N–H and O–H groups in total. The van der Waals surface area contributed by atoms with Crippen molar-refractivity contribution in [2.75, 3.05) is 26.5 Å². The van der Waals surface area contributed by atoms with E-state index in [2.05, 4.69) is 34.6 Å². The van der Waals surface area contributed by atoms with Gasteiger partial charge >= 0.3 is 0 Å². The largest absolute Gasteiger partial charge is 0.496 e. The molecule has 4 nitrogen and oxygen atoms in total. The summed E-state index contributed by atoms with van der Waals surface area (Å²) in [6.45, 7) is 10.9. The van der Waals surface area contributed by atoms with E-state index >= 15 is 0 Å². The number of rotatable bonds is 14. The molecule has 0 amide bonds. The van der Waals surface area contributed by atoms with Gasteiger partial charge in [-0.05, 0) is 36.3 Å². The van der Waals surface area contributed by atoms with E-state index in [-0.39, 0.29) is 16.9 Å². The maximum atomic E-state index is 14.2. The Labute approximate surface area is 184 Å². The lowest BCUT2D eigenvalue weighted by Crippen LogP contribution is -2.18. The van der Waals surface area contributed by atoms with Crippen LogP contribution in [0.1, 0.15) is 89.9 Å². The molecule has 5 heteroatoms. The van der Waals surface area contributed by atoms with Crippen LogP contribution in [0.25, 0.3) is 0 Å². The van der Waals surface area contributed by atoms with Gasteiger partial charge in [0.05, 0.1) is 14.2 Å². The van der Waals surface area contributed by atoms with Crippen LogP contribution in [-0.2, 0) is 4.57 Å². The Hall–Kier alpha value is -1.28. The SMILES string of the molecule is CCCCCCCCP(=O)(CC(C)CC(C)(C)C)C(=O)c1c(OC)cccc1OC. The summed E-state index contributed by atoms with van der Waals surface area (Å²) in [6.07, 6.45) is 8.47. The molecule has 2 unspecified atom stereocenters. The van der Waals surface area contributed by atoms with Crippen LogP contribution in [0, 0.1) is 11.3 Å². The lowest BCUT2D eigenvalue weighted by molar-refractivity contribution is 0.106. The van der Waals surface area contributed by atoms with Gasteiger partial charge in [-0.2, -0.15) is 0 Å². The summed E-state index contributed by atoms with van der Waals surface area (Å²) < 4.78 is 25.0. The normalized spacial score (nSPS) is 14.8. The molecule has 0 saturated heterocycles. The van der Waals surface area contributed by atoms with E-state index in [4.69, 9.17) is 9.47 Å². The second kappa shape index (κ2) is 12.5. The molecule has 30 heavy (non-hydrogen) atoms. The Morgan fingerprint density at radius 2 is 1.53 bits per heavy atom. The van der Waals surface area contributed by atoms with Crippen molar-refractivity contribution in [3.8, 4) is 11.5 Å². The van der Waals surface area contributed by atoms with Gasteiger partial charge in [0.1, 0.15) is 17.1 Å². The molecule has 0 heterocycles. The molecule has 1 rings (SSSR count). The molecule has 0 fully saturated rings. The van der Waals surface area contributed by atoms with Crippen molar-refractivity contribution in [1.82, 2.24) is 0 Å². The summed E-state index contributed by atoms with van der Waals surface area (Å²) in [5, 5.41) is 0. The third-order valence-electron chi connectivity index (χ3n) is 5.45. The summed E-state index contributed by atoms with van der Waals surface area (Å²) in [6, 6.07) is 5.27. The van der Waals surface area contributed by atoms with Crippen molar-refractivity contribution < 1.29 is 18.8 Å². The smallest absolute Gasteiger partial charge is 0.228 e. The number of ether oxygens (including phenoxy) is 2. The van der Waals surface area contributed by atoms with E-state index in [1.807, 2.05) is 0 Å². The molecule has 2 atom stereocenters. The van der Waals surface area contributed by atoms with Gasteiger partial charge in [-0.3, -0.25) is 4.79 Å². The van der Waals surface area contributed by atoms with Crippen LogP contribution in [-0.4, -0.2) is 32.1 Å². The Kier molecular flexibility index (Phi) is 11.2. The predicted molar refractivity (Wildman–Crippen MR) is 128 cm³/mol. The quantitative estimate of drug-likeness (QED) is 0.221. The molecule has 0 saturated carbocycles. The molecule has 0 radical (unpaired) electrons. The van der Waals surface area contributed by atoms with Crippen LogP contribution >= 0.6 is 7.14 Å². The molecule has 0 aromatic heterocycles. The molecule has 0 aliphatic heterocycles. The van der Waals surface area contributed by atoms with Gasteiger partial charge in [0.15, 0.2) is 7.14 Å². The first-order valence-corrected chi connectivity index (χ1v) is 13.5. The van der Waals surface area contributed by atoms with Crippen LogP contribution in [0.2, 0.25) is 0 Å². The van der Waals surface area contributed by atoms with E-state index in [0.717, 1.165) is 25.7 Å². The summed E-state index contributed by atoms with van der Waals surface area (Å²) >= 11 is 0. The fraction of sp³-hybridized carbons (Fsp3) is 0.720. The Morgan fingerprint density at radius 1 is 1.00 bits per heavy atom. The first-order chi connectivity index (χ1) is 14.1. The highest BCUT2D eigenvalue weighted by Gasteiger charge is 2.37. The van der Waals surface area contributed by atoms with Crippen molar-refractivity contribution in [1.29, 1.82) is 0 Å². The van der Waals surface area contributed by atoms with E-state index in [1.54, 1.807) is 18.2 Å². The van der Waals surface area contributed by atoms with Gasteiger partial charge in [-0.1, -0.05) is 72.8 Å². The third-order valence-corrected chi connectivity index (χ3v) is 8.67. The number of benzene rings is 1. The molecule has 172 valence electrons. The maximum absolute atomic E-state index is 14.2. The Balaban J connectivity index is 3.13. The van der Waals surface area contributed by atoms with Gasteiger partial charge in [0.25, 0.3) is 0 Å². The van der Waals surface area contributed by atoms with Crippen LogP contribution < -0.4 is 9.47 Å². The number of unbranched alkanes of at least 4 members (excludes halogenated alkanes) is 5. The molecule has 0 spiro atoms. The average molecular weight is 439 g/mol. The van der Waals surface area contributed by atoms with E-state index in [9.17, 15) is 9.36 Å². The second-order valence-electron chi connectivity index (χ2n) is 9.78. The Morgan fingerprint density at radius 3 is 2.03 bits per heavy atom. The molecule has 0 aliphatic rings. The Bertz CT molecular complexity index is 683. The highest BCUT2D eigenvalue weighted by atomic mass is 31.2. The summed E-state index contributed by atoms with van der Waals surface area (Å²) in [4.78, 5) is 13.7. The van der Waals surface area contributed by atoms with Crippen molar-refractivity contribution in [3.05, 3.63) is 23.8 Å². The standard InChI is InChI=1S/C25H43O4P/c1-8-9-10-11-12-13-17-30(27,19-20(2)18-25(3,4)5)24(26)23-21(28-6)15-14-16-22(23)29-7/h14-16,20H,8-13,17-19H2,1-7H3. The van der Waals surface area contributed by atoms with Crippen LogP contribution in [0.4, 0.5) is 0 Å². The lowest BCUT2D eigenvalue weighted by Gasteiger charge is -2.27. The zero-order valence-electron chi connectivity index (χ0n) is 20.3. The van der Waals surface area contributed by atoms with Crippen molar-refractivity contribution in [2.45, 2.75) is 79.6 Å². The fourth-order valence-corrected chi connectivity index (χ4v) is 7.35. The van der Waals surface area contributed by atoms with Crippen molar-refractivity contribution >= 4 is 12.7 Å². The zero-order chi connectivity index (χ0) is 22.8. The zero-order valence-corrected chi connectivity index (χ0v) is 21.1. The predicted octanol–water partition coefficient (Wildman–Crippen LogP) is 7.64. The van der Waals surface area contributed by atoms with E-state index in [1.165, 1.54) is 33.5 Å². The highest BCUT2D eigenvalue weighted by Crippen LogP contribution is 2.54. The van der Waals surface area contributed by atoms with E-state index in [0.29, 0.717) is 29.4 Å². The van der Waals surface area contributed by atoms with Crippen molar-refractivity contribution in [3.63, 3.8) is 0 Å². The third kappa shape index (κ3) is 8.46. The summed E-state index contributed by atoms with van der Waals surface area (Å²) in [5.41, 5.74) is 0.182. The molecule has 0 aliphatic carbocycles. The molecular formula is C25H43O4P. The van der Waals surface area contributed by atoms with Gasteiger partial charge in [0.2, 0.25) is 5.52 Å². The number of carbonyl (C=O) groups is 1. The van der Waals surface area contributed by atoms with Crippen molar-refractivity contribution in [2.24, 2.45) is 11.3 Å². The van der Waals surface area contributed by atoms with Crippen LogP contribution in [0.5, 0.6) is 11.5 Å². The lowest BCUT2D eigenvalue weighted by atomic mass is 9.86. The molecule has 1 aromatic carbocycles. The van der Waals surface area contributed by atoms with Crippen LogP contribution in [0.15, 0.2) is 18.2 Å². The highest BCUT2D eigenvalue weighted by molar-refractivity contribution is 7.81. The first-order valence-electron chi connectivity index (χ1n) is 11.4. The molecular weight excluding hydrogens is 395 g/mol. The molecule has 0 bridgehead atoms. The average Bonchev–Trinajstić information content (AvgIpc) is 2.67. The summed E-state index contributed by atoms with van der Waals surface area (Å²) in [7, 11) is -0.0409. The van der Waals surface area contributed by atoms with Crippen LogP contribution in [0.3, 0.4) is 0 Å². The summed E-state index contributed by atoms with van der Waals surface area (Å²) in [5.74, 6) is 1.08.